The zero-order valence-electron chi connectivity index (χ0n) is 16.4. The number of carbonyl (C=O) groups is 1. The minimum Gasteiger partial charge on any atom is -0.507 e. The number of aromatic hydroxyl groups is 1. The maximum Gasteiger partial charge on any atom is 0.296 e. The Morgan fingerprint density at radius 2 is 1.56 bits per heavy atom. The minimum absolute atomic E-state index is 0.203. The van der Waals surface area contributed by atoms with Crippen molar-refractivity contribution in [2.45, 2.75) is 52.4 Å². The number of benzene rings is 1. The van der Waals surface area contributed by atoms with Crippen LogP contribution >= 0.6 is 11.8 Å². The first-order chi connectivity index (χ1) is 11.4. The molecule has 1 aromatic carbocycles. The molecule has 0 unspecified atom stereocenters. The predicted molar refractivity (Wildman–Crippen MR) is 107 cm³/mol. The fourth-order valence-corrected chi connectivity index (χ4v) is 3.39. The predicted octanol–water partition coefficient (Wildman–Crippen LogP) is 4.52. The number of phenolic OH excluding ortho intramolecular Hbond substituents is 1. The van der Waals surface area contributed by atoms with Gasteiger partial charge in [0.2, 0.25) is 0 Å². The molecular formula is C20H28N2O2S. The second-order valence-corrected chi connectivity index (χ2v) is 9.23. The van der Waals surface area contributed by atoms with E-state index in [-0.39, 0.29) is 16.7 Å². The molecule has 25 heavy (non-hydrogen) atoms. The molecule has 1 N–H and O–H groups in total. The summed E-state index contributed by atoms with van der Waals surface area (Å²) in [5.41, 5.74) is 2.81. The summed E-state index contributed by atoms with van der Waals surface area (Å²) in [5, 5.41) is 11.5. The van der Waals surface area contributed by atoms with Gasteiger partial charge >= 0.3 is 0 Å². The smallest absolute Gasteiger partial charge is 0.296 e. The lowest BCUT2D eigenvalue weighted by molar-refractivity contribution is -0.114. The Kier molecular flexibility index (Phi) is 5.11. The second kappa shape index (κ2) is 6.52. The van der Waals surface area contributed by atoms with Crippen LogP contribution in [0.3, 0.4) is 0 Å². The number of carbonyl (C=O) groups excluding carboxylic acids is 1. The highest BCUT2D eigenvalue weighted by atomic mass is 32.2. The van der Waals surface area contributed by atoms with E-state index in [1.54, 1.807) is 0 Å². The van der Waals surface area contributed by atoms with Gasteiger partial charge in [-0.05, 0) is 40.9 Å². The average Bonchev–Trinajstić information content (AvgIpc) is 2.73. The number of thioether (sulfide) groups is 1. The summed E-state index contributed by atoms with van der Waals surface area (Å²) in [7, 11) is 1.85. The number of aliphatic imine (C=N–C) groups is 1. The largest absolute Gasteiger partial charge is 0.507 e. The topological polar surface area (TPSA) is 52.9 Å². The SMILES string of the molecule is CSC1=NC(=O)C(=Cc2cc(C(C)(C)C)c(O)c(C(C)(C)C)c2)N1C. The van der Waals surface area contributed by atoms with Gasteiger partial charge < -0.3 is 10.0 Å². The van der Waals surface area contributed by atoms with Crippen molar-refractivity contribution < 1.29 is 9.90 Å². The van der Waals surface area contributed by atoms with Gasteiger partial charge in [0.15, 0.2) is 5.17 Å². The first-order valence-corrected chi connectivity index (χ1v) is 9.59. The van der Waals surface area contributed by atoms with E-state index in [1.807, 2.05) is 36.4 Å². The van der Waals surface area contributed by atoms with E-state index in [2.05, 4.69) is 46.5 Å². The lowest BCUT2D eigenvalue weighted by Crippen LogP contribution is -2.19. The van der Waals surface area contributed by atoms with Gasteiger partial charge in [0.25, 0.3) is 5.91 Å². The van der Waals surface area contributed by atoms with E-state index >= 15 is 0 Å². The molecule has 1 aromatic rings. The molecule has 0 bridgehead atoms. The Balaban J connectivity index is 2.64. The summed E-state index contributed by atoms with van der Waals surface area (Å²) in [6.07, 6.45) is 3.76. The van der Waals surface area contributed by atoms with E-state index in [1.165, 1.54) is 11.8 Å². The maximum atomic E-state index is 12.2. The number of amides is 1. The standard InChI is InChI=1S/C20H28N2O2S/c1-19(2,3)13-9-12(10-14(16(13)23)20(4,5)6)11-15-17(24)21-18(25-8)22(15)7/h9-11,23H,1-8H3. The molecule has 0 spiro atoms. The molecule has 0 radical (unpaired) electrons. The molecule has 0 aliphatic carbocycles. The van der Waals surface area contributed by atoms with E-state index < -0.39 is 0 Å². The third kappa shape index (κ3) is 3.92. The number of likely N-dealkylation sites (N-methyl/N-ethyl adjacent to an activating group) is 1. The summed E-state index contributed by atoms with van der Waals surface area (Å²) < 4.78 is 0. The lowest BCUT2D eigenvalue weighted by Gasteiger charge is -2.28. The van der Waals surface area contributed by atoms with Crippen molar-refractivity contribution in [2.24, 2.45) is 4.99 Å². The van der Waals surface area contributed by atoms with Crippen LogP contribution in [0.1, 0.15) is 58.2 Å². The molecule has 136 valence electrons. The van der Waals surface area contributed by atoms with E-state index in [9.17, 15) is 9.90 Å². The molecule has 0 fully saturated rings. The van der Waals surface area contributed by atoms with Crippen molar-refractivity contribution in [1.82, 2.24) is 4.90 Å². The Labute approximate surface area is 155 Å². The molecule has 0 aromatic heterocycles. The zero-order valence-corrected chi connectivity index (χ0v) is 17.2. The first kappa shape index (κ1) is 19.6. The van der Waals surface area contributed by atoms with E-state index in [0.717, 1.165) is 16.7 Å². The number of hydrogen-bond donors (Lipinski definition) is 1. The molecule has 0 atom stereocenters. The highest BCUT2D eigenvalue weighted by Crippen LogP contribution is 2.40. The number of nitrogens with zero attached hydrogens (tertiary/aromatic N) is 2. The van der Waals surface area contributed by atoms with Crippen molar-refractivity contribution in [3.05, 3.63) is 34.5 Å². The molecule has 1 aliphatic rings. The van der Waals surface area contributed by atoms with Crippen LogP contribution in [0.15, 0.2) is 22.8 Å². The van der Waals surface area contributed by atoms with Crippen LogP contribution < -0.4 is 0 Å². The minimum atomic E-state index is -0.227. The van der Waals surface area contributed by atoms with Crippen LogP contribution in [-0.4, -0.2) is 34.4 Å². The summed E-state index contributed by atoms with van der Waals surface area (Å²) in [6.45, 7) is 12.5. The summed E-state index contributed by atoms with van der Waals surface area (Å²) in [5.74, 6) is 0.115. The van der Waals surface area contributed by atoms with Gasteiger partial charge in [0.1, 0.15) is 11.4 Å². The van der Waals surface area contributed by atoms with Crippen LogP contribution in [0.4, 0.5) is 0 Å². The first-order valence-electron chi connectivity index (χ1n) is 8.36. The molecule has 1 aliphatic heterocycles. The monoisotopic (exact) mass is 360 g/mol. The molecule has 0 saturated heterocycles. The Morgan fingerprint density at radius 3 is 1.92 bits per heavy atom. The molecule has 1 heterocycles. The third-order valence-electron chi connectivity index (χ3n) is 4.30. The van der Waals surface area contributed by atoms with Crippen LogP contribution in [-0.2, 0) is 15.6 Å². The van der Waals surface area contributed by atoms with Crippen molar-refractivity contribution >= 4 is 28.9 Å². The van der Waals surface area contributed by atoms with Gasteiger partial charge in [-0.2, -0.15) is 4.99 Å². The van der Waals surface area contributed by atoms with E-state index in [0.29, 0.717) is 16.6 Å². The quantitative estimate of drug-likeness (QED) is 0.748. The molecule has 5 heteroatoms. The van der Waals surface area contributed by atoms with Gasteiger partial charge in [-0.3, -0.25) is 4.79 Å². The third-order valence-corrected chi connectivity index (χ3v) is 5.03. The maximum absolute atomic E-state index is 12.2. The van der Waals surface area contributed by atoms with Crippen molar-refractivity contribution in [1.29, 1.82) is 0 Å². The number of rotatable bonds is 1. The van der Waals surface area contributed by atoms with Gasteiger partial charge in [0, 0.05) is 18.2 Å². The molecule has 1 amide bonds. The highest BCUT2D eigenvalue weighted by molar-refractivity contribution is 8.13. The molecule has 0 saturated carbocycles. The summed E-state index contributed by atoms with van der Waals surface area (Å²) in [4.78, 5) is 18.1. The van der Waals surface area contributed by atoms with Gasteiger partial charge in [-0.15, -0.1) is 0 Å². The van der Waals surface area contributed by atoms with E-state index in [4.69, 9.17) is 0 Å². The Hall–Kier alpha value is -1.75. The highest BCUT2D eigenvalue weighted by Gasteiger charge is 2.28. The average molecular weight is 361 g/mol. The number of phenols is 1. The van der Waals surface area contributed by atoms with Crippen LogP contribution in [0.25, 0.3) is 6.08 Å². The number of amidine groups is 1. The summed E-state index contributed by atoms with van der Waals surface area (Å²) >= 11 is 1.45. The fraction of sp³-hybridized carbons (Fsp3) is 0.500. The zero-order chi connectivity index (χ0) is 19.2. The van der Waals surface area contributed by atoms with Crippen molar-refractivity contribution in [3.63, 3.8) is 0 Å². The number of hydrogen-bond acceptors (Lipinski definition) is 4. The van der Waals surface area contributed by atoms with Gasteiger partial charge in [-0.1, -0.05) is 53.3 Å². The molecule has 2 rings (SSSR count). The van der Waals surface area contributed by atoms with Crippen LogP contribution in [0, 0.1) is 0 Å². The van der Waals surface area contributed by atoms with Gasteiger partial charge in [-0.25, -0.2) is 0 Å². The van der Waals surface area contributed by atoms with Crippen molar-refractivity contribution in [3.8, 4) is 5.75 Å². The normalized spacial score (nSPS) is 17.4. The van der Waals surface area contributed by atoms with Crippen LogP contribution in [0.2, 0.25) is 0 Å². The van der Waals surface area contributed by atoms with Gasteiger partial charge in [0.05, 0.1) is 0 Å². The molecule has 4 nitrogen and oxygen atoms in total. The molecular weight excluding hydrogens is 332 g/mol. The lowest BCUT2D eigenvalue weighted by atomic mass is 9.78. The Morgan fingerprint density at radius 1 is 1.08 bits per heavy atom. The van der Waals surface area contributed by atoms with Crippen molar-refractivity contribution in [2.75, 3.05) is 13.3 Å². The fourth-order valence-electron chi connectivity index (χ4n) is 2.85. The summed E-state index contributed by atoms with van der Waals surface area (Å²) in [6, 6.07) is 3.94. The Bertz CT molecular complexity index is 730. The second-order valence-electron chi connectivity index (χ2n) is 8.46. The van der Waals surface area contributed by atoms with Crippen LogP contribution in [0.5, 0.6) is 5.75 Å².